The topological polar surface area (TPSA) is 88.7 Å². The quantitative estimate of drug-likeness (QED) is 0.633. The fraction of sp³-hybridized carbons (Fsp3) is 0.333. The van der Waals surface area contributed by atoms with Gasteiger partial charge in [-0.3, -0.25) is 5.21 Å². The second kappa shape index (κ2) is 8.68. The second-order valence-corrected chi connectivity index (χ2v) is 6.72. The normalized spacial score (nSPS) is 16.4. The predicted molar refractivity (Wildman–Crippen MR) is 105 cm³/mol. The van der Waals surface area contributed by atoms with Crippen molar-refractivity contribution in [3.8, 4) is 11.5 Å². The van der Waals surface area contributed by atoms with Crippen LogP contribution in [-0.2, 0) is 6.42 Å². The minimum atomic E-state index is -0.708. The lowest BCUT2D eigenvalue weighted by molar-refractivity contribution is -0.0296. The van der Waals surface area contributed by atoms with Crippen LogP contribution in [0.3, 0.4) is 0 Å². The van der Waals surface area contributed by atoms with Crippen molar-refractivity contribution in [3.63, 3.8) is 0 Å². The van der Waals surface area contributed by atoms with Gasteiger partial charge in [0.25, 0.3) is 0 Å². The van der Waals surface area contributed by atoms with E-state index in [-0.39, 0.29) is 11.5 Å². The fourth-order valence-electron chi connectivity index (χ4n) is 3.30. The highest BCUT2D eigenvalue weighted by molar-refractivity contribution is 6.06. The molecule has 27 heavy (non-hydrogen) atoms. The molecule has 0 unspecified atom stereocenters. The highest BCUT2D eigenvalue weighted by Gasteiger charge is 2.30. The van der Waals surface area contributed by atoms with Crippen LogP contribution in [0.4, 0.5) is 0 Å². The zero-order chi connectivity index (χ0) is 19.2. The third kappa shape index (κ3) is 4.28. The molecular formula is C21H25N3O3. The fourth-order valence-corrected chi connectivity index (χ4v) is 3.30. The average molecular weight is 367 g/mol. The number of phenols is 2. The Morgan fingerprint density at radius 2 is 1.78 bits per heavy atom. The number of nitrogens with zero attached hydrogens (tertiary/aromatic N) is 3. The third-order valence-corrected chi connectivity index (χ3v) is 4.75. The maximum Gasteiger partial charge on any atom is 0.139 e. The maximum atomic E-state index is 10.5. The van der Waals surface area contributed by atoms with Crippen molar-refractivity contribution in [1.82, 2.24) is 5.06 Å². The first-order chi connectivity index (χ1) is 13.1. The van der Waals surface area contributed by atoms with Crippen molar-refractivity contribution in [2.24, 2.45) is 10.2 Å². The van der Waals surface area contributed by atoms with Crippen molar-refractivity contribution < 1.29 is 15.4 Å². The Hall–Kier alpha value is -2.86. The molecule has 0 aromatic heterocycles. The summed E-state index contributed by atoms with van der Waals surface area (Å²) in [5.74, 6) is -0.0206. The van der Waals surface area contributed by atoms with Crippen LogP contribution in [0.1, 0.15) is 55.3 Å². The standard InChI is InChI=1S/C21H25N3O3/c1-2-3-4-6-11-16-12-17(19(26)13-18(16)25)21-20(23-22-14-24(21)27)15-9-7-5-8-10-15/h5,7-10,12-14,21,25-27H,2-4,6,11H2,1H3/t21-/m1/s1. The lowest BCUT2D eigenvalue weighted by Crippen LogP contribution is -2.33. The summed E-state index contributed by atoms with van der Waals surface area (Å²) in [6.45, 7) is 2.15. The predicted octanol–water partition coefficient (Wildman–Crippen LogP) is 4.40. The van der Waals surface area contributed by atoms with Crippen molar-refractivity contribution in [3.05, 3.63) is 59.2 Å². The van der Waals surface area contributed by atoms with Crippen LogP contribution < -0.4 is 0 Å². The molecule has 0 saturated carbocycles. The smallest absolute Gasteiger partial charge is 0.139 e. The SMILES string of the molecule is CCCCCCc1cc([C@@H]2C(c3ccccc3)=NN=CN2O)c(O)cc1O. The lowest BCUT2D eigenvalue weighted by Gasteiger charge is -2.28. The van der Waals surface area contributed by atoms with Gasteiger partial charge in [0.2, 0.25) is 0 Å². The van der Waals surface area contributed by atoms with Gasteiger partial charge in [0.15, 0.2) is 0 Å². The number of rotatable bonds is 7. The molecule has 0 spiro atoms. The van der Waals surface area contributed by atoms with Gasteiger partial charge >= 0.3 is 0 Å². The van der Waals surface area contributed by atoms with Crippen molar-refractivity contribution in [2.45, 2.75) is 45.1 Å². The first-order valence-corrected chi connectivity index (χ1v) is 9.30. The highest BCUT2D eigenvalue weighted by Crippen LogP contribution is 2.37. The minimum Gasteiger partial charge on any atom is -0.508 e. The number of hydroxylamine groups is 2. The summed E-state index contributed by atoms with van der Waals surface area (Å²) in [5.41, 5.74) is 2.56. The summed E-state index contributed by atoms with van der Waals surface area (Å²) >= 11 is 0. The molecule has 1 aliphatic rings. The summed E-state index contributed by atoms with van der Waals surface area (Å²) in [7, 11) is 0. The van der Waals surface area contributed by atoms with Crippen LogP contribution in [0.5, 0.6) is 11.5 Å². The van der Waals surface area contributed by atoms with E-state index in [0.717, 1.165) is 41.9 Å². The molecule has 2 aromatic carbocycles. The molecule has 3 rings (SSSR count). The van der Waals surface area contributed by atoms with Gasteiger partial charge in [0.1, 0.15) is 29.6 Å². The lowest BCUT2D eigenvalue weighted by atomic mass is 9.92. The molecule has 0 aliphatic carbocycles. The van der Waals surface area contributed by atoms with Crippen LogP contribution in [0.15, 0.2) is 52.7 Å². The van der Waals surface area contributed by atoms with E-state index in [1.54, 1.807) is 6.07 Å². The van der Waals surface area contributed by atoms with Gasteiger partial charge in [0.05, 0.1) is 0 Å². The molecule has 1 atom stereocenters. The van der Waals surface area contributed by atoms with Crippen molar-refractivity contribution in [1.29, 1.82) is 0 Å². The molecule has 2 aromatic rings. The average Bonchev–Trinajstić information content (AvgIpc) is 2.67. The van der Waals surface area contributed by atoms with E-state index in [2.05, 4.69) is 17.1 Å². The maximum absolute atomic E-state index is 10.5. The monoisotopic (exact) mass is 367 g/mol. The molecule has 0 fully saturated rings. The van der Waals surface area contributed by atoms with E-state index < -0.39 is 6.04 Å². The molecule has 1 aliphatic heterocycles. The van der Waals surface area contributed by atoms with E-state index in [9.17, 15) is 15.4 Å². The molecule has 6 nitrogen and oxygen atoms in total. The number of unbranched alkanes of at least 4 members (excludes halogenated alkanes) is 3. The van der Waals surface area contributed by atoms with E-state index in [0.29, 0.717) is 17.7 Å². The minimum absolute atomic E-state index is 0.0694. The first kappa shape index (κ1) is 18.9. The number of benzene rings is 2. The van der Waals surface area contributed by atoms with Gasteiger partial charge in [-0.15, -0.1) is 5.10 Å². The molecule has 3 N–H and O–H groups in total. The van der Waals surface area contributed by atoms with Crippen LogP contribution >= 0.6 is 0 Å². The molecule has 0 saturated heterocycles. The molecule has 0 amide bonds. The van der Waals surface area contributed by atoms with Gasteiger partial charge in [-0.2, -0.15) is 5.10 Å². The largest absolute Gasteiger partial charge is 0.508 e. The molecule has 6 heteroatoms. The second-order valence-electron chi connectivity index (χ2n) is 6.72. The van der Waals surface area contributed by atoms with Gasteiger partial charge in [-0.1, -0.05) is 56.5 Å². The summed E-state index contributed by atoms with van der Waals surface area (Å²) in [4.78, 5) is 0. The number of hydrogen-bond donors (Lipinski definition) is 3. The molecule has 0 radical (unpaired) electrons. The molecule has 142 valence electrons. The van der Waals surface area contributed by atoms with Gasteiger partial charge in [-0.25, -0.2) is 5.06 Å². The Morgan fingerprint density at radius 3 is 2.52 bits per heavy atom. The van der Waals surface area contributed by atoms with Gasteiger partial charge < -0.3 is 10.2 Å². The van der Waals surface area contributed by atoms with E-state index in [4.69, 9.17) is 0 Å². The van der Waals surface area contributed by atoms with E-state index >= 15 is 0 Å². The zero-order valence-electron chi connectivity index (χ0n) is 15.4. The van der Waals surface area contributed by atoms with Gasteiger partial charge in [-0.05, 0) is 24.5 Å². The number of phenolic OH excluding ortho intramolecular Hbond substituents is 2. The summed E-state index contributed by atoms with van der Waals surface area (Å²) in [6.07, 6.45) is 6.27. The van der Waals surface area contributed by atoms with Crippen LogP contribution in [0.2, 0.25) is 0 Å². The van der Waals surface area contributed by atoms with Crippen LogP contribution in [-0.4, -0.2) is 32.5 Å². The Kier molecular flexibility index (Phi) is 6.08. The van der Waals surface area contributed by atoms with Crippen LogP contribution in [0.25, 0.3) is 0 Å². The molecular weight excluding hydrogens is 342 g/mol. The Balaban J connectivity index is 1.95. The summed E-state index contributed by atoms with van der Waals surface area (Å²) in [5, 5.41) is 40.1. The van der Waals surface area contributed by atoms with E-state index in [1.807, 2.05) is 30.3 Å². The first-order valence-electron chi connectivity index (χ1n) is 9.30. The Labute approximate surface area is 159 Å². The Bertz CT molecular complexity index is 834. The Morgan fingerprint density at radius 1 is 1.00 bits per heavy atom. The molecule has 1 heterocycles. The zero-order valence-corrected chi connectivity index (χ0v) is 15.4. The number of aromatic hydroxyl groups is 2. The number of hydrogen-bond acceptors (Lipinski definition) is 6. The molecule has 0 bridgehead atoms. The van der Waals surface area contributed by atoms with Crippen LogP contribution in [0, 0.1) is 0 Å². The van der Waals surface area contributed by atoms with Gasteiger partial charge in [0, 0.05) is 17.2 Å². The van der Waals surface area contributed by atoms with Crippen molar-refractivity contribution in [2.75, 3.05) is 0 Å². The summed E-state index contributed by atoms with van der Waals surface area (Å²) in [6, 6.07) is 11.8. The summed E-state index contributed by atoms with van der Waals surface area (Å²) < 4.78 is 0. The van der Waals surface area contributed by atoms with Crippen molar-refractivity contribution >= 4 is 12.1 Å². The third-order valence-electron chi connectivity index (χ3n) is 4.75. The number of aryl methyl sites for hydroxylation is 1. The highest BCUT2D eigenvalue weighted by atomic mass is 16.5. The van der Waals surface area contributed by atoms with E-state index in [1.165, 1.54) is 12.4 Å².